The highest BCUT2D eigenvalue weighted by atomic mass is 16.5. The Morgan fingerprint density at radius 1 is 1.18 bits per heavy atom. The van der Waals surface area contributed by atoms with Crippen molar-refractivity contribution in [3.8, 4) is 17.1 Å². The number of anilines is 4. The molecule has 4 heterocycles. The SMILES string of the molecule is CCC(=O)c1cnc(Nc2ccn(C[C@@H]3CCOC3)c(=O)n2)cc1Nc1cccc(-c2ncn(C)n2)c1OC. The van der Waals surface area contributed by atoms with Gasteiger partial charge in [-0.05, 0) is 24.6 Å². The summed E-state index contributed by atoms with van der Waals surface area (Å²) in [5.74, 6) is 2.05. The first kappa shape index (κ1) is 26.0. The lowest BCUT2D eigenvalue weighted by atomic mass is 10.1. The average Bonchev–Trinajstić information content (AvgIpc) is 3.61. The topological polar surface area (TPSA) is 138 Å². The maximum Gasteiger partial charge on any atom is 0.349 e. The number of methoxy groups -OCH3 is 1. The first-order chi connectivity index (χ1) is 18.9. The van der Waals surface area contributed by atoms with Crippen LogP contribution in [-0.4, -0.2) is 55.4 Å². The molecule has 0 spiro atoms. The number of carbonyl (C=O) groups is 1. The summed E-state index contributed by atoms with van der Waals surface area (Å²) in [6, 6.07) is 9.00. The third-order valence-electron chi connectivity index (χ3n) is 6.46. The Labute approximate surface area is 225 Å². The standard InChI is InChI=1S/C27H30N8O4/c1-4-22(36)19-13-28-24(31-23-8-10-35(27(37)32-23)14-17-9-11-39-15-17)12-21(19)30-20-7-5-6-18(25(20)38-3)26-29-16-34(2)33-26/h5-8,10,12-13,16-17H,4,9,11,14-15H2,1-3H3,(H2,28,30,31,32,37)/t17-/m0/s1. The Bertz CT molecular complexity index is 1540. The highest BCUT2D eigenvalue weighted by Gasteiger charge is 2.19. The van der Waals surface area contributed by atoms with Crippen LogP contribution in [0.15, 0.2) is 53.8 Å². The Kier molecular flexibility index (Phi) is 7.64. The van der Waals surface area contributed by atoms with E-state index in [0.717, 1.165) is 13.0 Å². The number of pyridine rings is 1. The molecule has 3 aromatic heterocycles. The van der Waals surface area contributed by atoms with Crippen LogP contribution in [-0.2, 0) is 18.3 Å². The lowest BCUT2D eigenvalue weighted by Crippen LogP contribution is -2.26. The molecule has 2 N–H and O–H groups in total. The minimum Gasteiger partial charge on any atom is -0.494 e. The van der Waals surface area contributed by atoms with E-state index in [1.807, 2.05) is 18.2 Å². The highest BCUT2D eigenvalue weighted by molar-refractivity contribution is 6.02. The van der Waals surface area contributed by atoms with E-state index in [4.69, 9.17) is 9.47 Å². The van der Waals surface area contributed by atoms with Gasteiger partial charge in [-0.3, -0.25) is 14.0 Å². The van der Waals surface area contributed by atoms with Gasteiger partial charge in [-0.1, -0.05) is 13.0 Å². The molecule has 4 aromatic rings. The summed E-state index contributed by atoms with van der Waals surface area (Å²) in [6.45, 7) is 3.74. The number of aromatic nitrogens is 6. The molecule has 1 fully saturated rings. The number of hydrogen-bond acceptors (Lipinski definition) is 10. The van der Waals surface area contributed by atoms with Crippen molar-refractivity contribution in [2.24, 2.45) is 13.0 Å². The predicted molar refractivity (Wildman–Crippen MR) is 146 cm³/mol. The fourth-order valence-corrected chi connectivity index (χ4v) is 4.45. The number of nitrogens with zero attached hydrogens (tertiary/aromatic N) is 6. The van der Waals surface area contributed by atoms with Crippen molar-refractivity contribution < 1.29 is 14.3 Å². The van der Waals surface area contributed by atoms with Crippen LogP contribution < -0.4 is 21.1 Å². The molecule has 1 saturated heterocycles. The first-order valence-electron chi connectivity index (χ1n) is 12.7. The molecule has 202 valence electrons. The van der Waals surface area contributed by atoms with Gasteiger partial charge >= 0.3 is 5.69 Å². The van der Waals surface area contributed by atoms with Gasteiger partial charge in [0.2, 0.25) is 0 Å². The largest absolute Gasteiger partial charge is 0.494 e. The Hall–Kier alpha value is -4.58. The van der Waals surface area contributed by atoms with Crippen molar-refractivity contribution >= 4 is 28.8 Å². The molecule has 5 rings (SSSR count). The molecule has 12 heteroatoms. The van der Waals surface area contributed by atoms with E-state index in [1.54, 1.807) is 55.0 Å². The maximum absolute atomic E-state index is 12.7. The van der Waals surface area contributed by atoms with E-state index in [2.05, 4.69) is 30.7 Å². The second kappa shape index (κ2) is 11.4. The fraction of sp³-hybridized carbons (Fsp3) is 0.333. The van der Waals surface area contributed by atoms with E-state index >= 15 is 0 Å². The molecular weight excluding hydrogens is 500 g/mol. The summed E-state index contributed by atoms with van der Waals surface area (Å²) < 4.78 is 14.3. The summed E-state index contributed by atoms with van der Waals surface area (Å²) in [7, 11) is 3.36. The van der Waals surface area contributed by atoms with Gasteiger partial charge in [-0.15, -0.1) is 0 Å². The number of benzene rings is 1. The molecule has 0 unspecified atom stereocenters. The number of Topliss-reactive ketones (excluding diaryl/α,β-unsaturated/α-hetero) is 1. The monoisotopic (exact) mass is 530 g/mol. The third kappa shape index (κ3) is 5.80. The van der Waals surface area contributed by atoms with Crippen LogP contribution in [0.25, 0.3) is 11.4 Å². The number of aryl methyl sites for hydroxylation is 1. The van der Waals surface area contributed by atoms with Gasteiger partial charge in [-0.25, -0.2) is 14.8 Å². The summed E-state index contributed by atoms with van der Waals surface area (Å²) >= 11 is 0. The predicted octanol–water partition coefficient (Wildman–Crippen LogP) is 3.56. The lowest BCUT2D eigenvalue weighted by molar-refractivity contribution is 0.0988. The van der Waals surface area contributed by atoms with Crippen LogP contribution in [0, 0.1) is 5.92 Å². The normalized spacial score (nSPS) is 14.8. The number of ether oxygens (including phenoxy) is 2. The smallest absolute Gasteiger partial charge is 0.349 e. The van der Waals surface area contributed by atoms with Crippen LogP contribution in [0.3, 0.4) is 0 Å². The van der Waals surface area contributed by atoms with Crippen molar-refractivity contribution in [1.82, 2.24) is 29.3 Å². The van der Waals surface area contributed by atoms with Crippen molar-refractivity contribution in [3.63, 3.8) is 0 Å². The van der Waals surface area contributed by atoms with Crippen molar-refractivity contribution in [1.29, 1.82) is 0 Å². The van der Waals surface area contributed by atoms with Crippen LogP contribution in [0.5, 0.6) is 5.75 Å². The van der Waals surface area contributed by atoms with Gasteiger partial charge in [0.05, 0.1) is 36.2 Å². The van der Waals surface area contributed by atoms with Crippen LogP contribution in [0.1, 0.15) is 30.1 Å². The van der Waals surface area contributed by atoms with Gasteiger partial charge in [0, 0.05) is 51.0 Å². The number of hydrogen-bond donors (Lipinski definition) is 2. The van der Waals surface area contributed by atoms with E-state index in [1.165, 1.54) is 6.20 Å². The summed E-state index contributed by atoms with van der Waals surface area (Å²) in [5, 5.41) is 10.8. The van der Waals surface area contributed by atoms with Gasteiger partial charge in [-0.2, -0.15) is 10.1 Å². The summed E-state index contributed by atoms with van der Waals surface area (Å²) in [4.78, 5) is 38.2. The lowest BCUT2D eigenvalue weighted by Gasteiger charge is -2.17. The van der Waals surface area contributed by atoms with Crippen molar-refractivity contribution in [2.45, 2.75) is 26.3 Å². The highest BCUT2D eigenvalue weighted by Crippen LogP contribution is 2.37. The van der Waals surface area contributed by atoms with E-state index in [-0.39, 0.29) is 11.5 Å². The number of rotatable bonds is 10. The van der Waals surface area contributed by atoms with Crippen LogP contribution in [0.4, 0.5) is 23.0 Å². The molecular formula is C27H30N8O4. The van der Waals surface area contributed by atoms with Gasteiger partial charge in [0.1, 0.15) is 18.0 Å². The number of carbonyl (C=O) groups excluding carboxylic acids is 1. The Morgan fingerprint density at radius 3 is 2.74 bits per heavy atom. The third-order valence-corrected chi connectivity index (χ3v) is 6.46. The molecule has 0 amide bonds. The Morgan fingerprint density at radius 2 is 2.05 bits per heavy atom. The number of ketones is 1. The second-order valence-corrected chi connectivity index (χ2v) is 9.25. The fourth-order valence-electron chi connectivity index (χ4n) is 4.45. The molecule has 1 atom stereocenters. The zero-order valence-corrected chi connectivity index (χ0v) is 22.0. The number of para-hydroxylation sites is 1. The molecule has 0 bridgehead atoms. The Balaban J connectivity index is 1.43. The minimum atomic E-state index is -0.354. The zero-order chi connectivity index (χ0) is 27.4. The first-order valence-corrected chi connectivity index (χ1v) is 12.7. The molecule has 0 aliphatic carbocycles. The van der Waals surface area contributed by atoms with E-state index in [9.17, 15) is 9.59 Å². The van der Waals surface area contributed by atoms with E-state index < -0.39 is 0 Å². The summed E-state index contributed by atoms with van der Waals surface area (Å²) in [6.07, 6.45) is 6.08. The molecule has 1 aliphatic rings. The quantitative estimate of drug-likeness (QED) is 0.293. The van der Waals surface area contributed by atoms with Crippen molar-refractivity contribution in [3.05, 3.63) is 65.1 Å². The van der Waals surface area contributed by atoms with Crippen LogP contribution >= 0.6 is 0 Å². The molecule has 1 aromatic carbocycles. The molecule has 1 aliphatic heterocycles. The molecule has 12 nitrogen and oxygen atoms in total. The summed E-state index contributed by atoms with van der Waals surface area (Å²) in [5.41, 5.74) is 1.92. The zero-order valence-electron chi connectivity index (χ0n) is 22.0. The van der Waals surface area contributed by atoms with Gasteiger partial charge in [0.15, 0.2) is 17.4 Å². The van der Waals surface area contributed by atoms with Gasteiger partial charge < -0.3 is 20.1 Å². The molecule has 0 saturated carbocycles. The minimum absolute atomic E-state index is 0.0744. The van der Waals surface area contributed by atoms with E-state index in [0.29, 0.717) is 71.2 Å². The average molecular weight is 531 g/mol. The number of nitrogens with one attached hydrogen (secondary N) is 2. The van der Waals surface area contributed by atoms with Crippen LogP contribution in [0.2, 0.25) is 0 Å². The molecule has 39 heavy (non-hydrogen) atoms. The van der Waals surface area contributed by atoms with Gasteiger partial charge in [0.25, 0.3) is 0 Å². The molecule has 0 radical (unpaired) electrons. The second-order valence-electron chi connectivity index (χ2n) is 9.25. The van der Waals surface area contributed by atoms with Crippen molar-refractivity contribution in [2.75, 3.05) is 31.0 Å². The maximum atomic E-state index is 12.7.